The Bertz CT molecular complexity index is 906. The van der Waals surface area contributed by atoms with Crippen LogP contribution in [0.3, 0.4) is 0 Å². The van der Waals surface area contributed by atoms with E-state index in [4.69, 9.17) is 9.47 Å². The molecule has 0 aliphatic heterocycles. The molecule has 0 aliphatic rings. The van der Waals surface area contributed by atoms with Gasteiger partial charge in [-0.25, -0.2) is 0 Å². The smallest absolute Gasteiger partial charge is 0.248 e. The second-order valence-corrected chi connectivity index (χ2v) is 5.60. The number of anilines is 1. The van der Waals surface area contributed by atoms with Gasteiger partial charge in [-0.3, -0.25) is 9.78 Å². The predicted molar refractivity (Wildman–Crippen MR) is 106 cm³/mol. The molecule has 5 heteroatoms. The van der Waals surface area contributed by atoms with Crippen molar-refractivity contribution in [3.05, 3.63) is 84.7 Å². The lowest BCUT2D eigenvalue weighted by molar-refractivity contribution is -0.111. The molecule has 27 heavy (non-hydrogen) atoms. The first kappa shape index (κ1) is 18.2. The van der Waals surface area contributed by atoms with Gasteiger partial charge in [0.15, 0.2) is 0 Å². The molecule has 0 fully saturated rings. The molecule has 0 bridgehead atoms. The fourth-order valence-electron chi connectivity index (χ4n) is 2.40. The van der Waals surface area contributed by atoms with Crippen molar-refractivity contribution in [3.8, 4) is 17.2 Å². The summed E-state index contributed by atoms with van der Waals surface area (Å²) in [6, 6.07) is 18.3. The molecule has 1 heterocycles. The van der Waals surface area contributed by atoms with Crippen LogP contribution in [-0.2, 0) is 4.79 Å². The van der Waals surface area contributed by atoms with Crippen LogP contribution in [0.15, 0.2) is 79.1 Å². The number of hydrogen-bond acceptors (Lipinski definition) is 4. The number of nitrogens with one attached hydrogen (secondary N) is 1. The number of ether oxygens (including phenoxy) is 2. The zero-order chi connectivity index (χ0) is 18.9. The molecule has 5 nitrogen and oxygen atoms in total. The standard InChI is InChI=1S/C22H20N2O3/c1-2-26-21-6-4-3-5-17(21)7-12-22(25)24-18-8-10-19(11-9-18)27-20-13-15-23-16-14-20/h3-16H,2H2,1H3,(H,24,25)/b12-7+. The molecular weight excluding hydrogens is 340 g/mol. The topological polar surface area (TPSA) is 60.5 Å². The Morgan fingerprint density at radius 2 is 1.70 bits per heavy atom. The van der Waals surface area contributed by atoms with Gasteiger partial charge in [0.2, 0.25) is 5.91 Å². The van der Waals surface area contributed by atoms with E-state index in [1.54, 1.807) is 54.9 Å². The molecule has 0 radical (unpaired) electrons. The monoisotopic (exact) mass is 360 g/mol. The van der Waals surface area contributed by atoms with Gasteiger partial charge in [-0.15, -0.1) is 0 Å². The third-order valence-corrected chi connectivity index (χ3v) is 3.64. The van der Waals surface area contributed by atoms with Gasteiger partial charge < -0.3 is 14.8 Å². The minimum atomic E-state index is -0.218. The molecule has 0 atom stereocenters. The van der Waals surface area contributed by atoms with Crippen molar-refractivity contribution >= 4 is 17.7 Å². The van der Waals surface area contributed by atoms with Crippen LogP contribution in [-0.4, -0.2) is 17.5 Å². The van der Waals surface area contributed by atoms with Crippen LogP contribution < -0.4 is 14.8 Å². The number of aromatic nitrogens is 1. The Morgan fingerprint density at radius 1 is 1.00 bits per heavy atom. The summed E-state index contributed by atoms with van der Waals surface area (Å²) in [7, 11) is 0. The Morgan fingerprint density at radius 3 is 2.44 bits per heavy atom. The van der Waals surface area contributed by atoms with E-state index in [0.29, 0.717) is 23.8 Å². The van der Waals surface area contributed by atoms with Gasteiger partial charge in [-0.2, -0.15) is 0 Å². The lowest BCUT2D eigenvalue weighted by Crippen LogP contribution is -2.07. The highest BCUT2D eigenvalue weighted by molar-refractivity contribution is 6.02. The van der Waals surface area contributed by atoms with Gasteiger partial charge in [-0.05, 0) is 55.5 Å². The molecule has 3 aromatic rings. The number of hydrogen-bond donors (Lipinski definition) is 1. The van der Waals surface area contributed by atoms with Crippen molar-refractivity contribution in [1.29, 1.82) is 0 Å². The molecule has 1 aromatic heterocycles. The van der Waals surface area contributed by atoms with Crippen molar-refractivity contribution < 1.29 is 14.3 Å². The van der Waals surface area contributed by atoms with Crippen LogP contribution in [0.4, 0.5) is 5.69 Å². The van der Waals surface area contributed by atoms with E-state index in [0.717, 1.165) is 11.3 Å². The molecule has 0 saturated carbocycles. The van der Waals surface area contributed by atoms with E-state index in [-0.39, 0.29) is 5.91 Å². The van der Waals surface area contributed by atoms with E-state index in [1.165, 1.54) is 6.08 Å². The zero-order valence-electron chi connectivity index (χ0n) is 15.0. The molecule has 2 aromatic carbocycles. The Balaban J connectivity index is 1.59. The maximum absolute atomic E-state index is 12.2. The quantitative estimate of drug-likeness (QED) is 0.607. The van der Waals surface area contributed by atoms with Crippen molar-refractivity contribution in [2.24, 2.45) is 0 Å². The molecule has 136 valence electrons. The van der Waals surface area contributed by atoms with Gasteiger partial charge in [-0.1, -0.05) is 18.2 Å². The van der Waals surface area contributed by atoms with Gasteiger partial charge in [0, 0.05) is 29.7 Å². The number of para-hydroxylation sites is 1. The summed E-state index contributed by atoms with van der Waals surface area (Å²) in [6.45, 7) is 2.50. The van der Waals surface area contributed by atoms with Crippen molar-refractivity contribution in [1.82, 2.24) is 4.98 Å². The number of rotatable bonds is 7. The first-order chi connectivity index (χ1) is 13.2. The van der Waals surface area contributed by atoms with E-state index in [9.17, 15) is 4.79 Å². The summed E-state index contributed by atoms with van der Waals surface area (Å²) in [6.07, 6.45) is 6.56. The average molecular weight is 360 g/mol. The number of carbonyl (C=O) groups is 1. The van der Waals surface area contributed by atoms with Crippen molar-refractivity contribution in [2.75, 3.05) is 11.9 Å². The highest BCUT2D eigenvalue weighted by atomic mass is 16.5. The number of amides is 1. The van der Waals surface area contributed by atoms with Gasteiger partial charge in [0.05, 0.1) is 6.61 Å². The zero-order valence-corrected chi connectivity index (χ0v) is 15.0. The first-order valence-electron chi connectivity index (χ1n) is 8.63. The van der Waals surface area contributed by atoms with Crippen LogP contribution in [0, 0.1) is 0 Å². The Labute approximate surface area is 158 Å². The molecule has 0 spiro atoms. The van der Waals surface area contributed by atoms with E-state index < -0.39 is 0 Å². The van der Waals surface area contributed by atoms with E-state index in [2.05, 4.69) is 10.3 Å². The van der Waals surface area contributed by atoms with Crippen LogP contribution >= 0.6 is 0 Å². The largest absolute Gasteiger partial charge is 0.493 e. The fourth-order valence-corrected chi connectivity index (χ4v) is 2.40. The summed E-state index contributed by atoms with van der Waals surface area (Å²) in [5.41, 5.74) is 1.54. The van der Waals surface area contributed by atoms with Crippen LogP contribution in [0.1, 0.15) is 12.5 Å². The Kier molecular flexibility index (Phi) is 6.20. The molecule has 0 aliphatic carbocycles. The molecule has 3 rings (SSSR count). The molecular formula is C22H20N2O3. The Hall–Kier alpha value is -3.60. The second kappa shape index (κ2) is 9.20. The number of carbonyl (C=O) groups excluding carboxylic acids is 1. The number of nitrogens with zero attached hydrogens (tertiary/aromatic N) is 1. The van der Waals surface area contributed by atoms with Gasteiger partial charge in [0.1, 0.15) is 17.2 Å². The van der Waals surface area contributed by atoms with Gasteiger partial charge in [0.25, 0.3) is 0 Å². The molecule has 0 unspecified atom stereocenters. The lowest BCUT2D eigenvalue weighted by Gasteiger charge is -2.07. The van der Waals surface area contributed by atoms with Crippen LogP contribution in [0.2, 0.25) is 0 Å². The minimum Gasteiger partial charge on any atom is -0.493 e. The van der Waals surface area contributed by atoms with E-state index in [1.807, 2.05) is 31.2 Å². The summed E-state index contributed by atoms with van der Waals surface area (Å²) in [5.74, 6) is 1.92. The average Bonchev–Trinajstić information content (AvgIpc) is 2.70. The third-order valence-electron chi connectivity index (χ3n) is 3.64. The van der Waals surface area contributed by atoms with Gasteiger partial charge >= 0.3 is 0 Å². The summed E-state index contributed by atoms with van der Waals surface area (Å²) >= 11 is 0. The summed E-state index contributed by atoms with van der Waals surface area (Å²) in [4.78, 5) is 16.1. The van der Waals surface area contributed by atoms with Crippen LogP contribution in [0.25, 0.3) is 6.08 Å². The normalized spacial score (nSPS) is 10.6. The molecule has 1 N–H and O–H groups in total. The molecule has 1 amide bonds. The predicted octanol–water partition coefficient (Wildman–Crippen LogP) is 4.92. The fraction of sp³-hybridized carbons (Fsp3) is 0.0909. The van der Waals surface area contributed by atoms with Crippen molar-refractivity contribution in [2.45, 2.75) is 6.92 Å². The number of pyridine rings is 1. The maximum atomic E-state index is 12.2. The SMILES string of the molecule is CCOc1ccccc1/C=C/C(=O)Nc1ccc(Oc2ccncc2)cc1. The number of benzene rings is 2. The van der Waals surface area contributed by atoms with Crippen molar-refractivity contribution in [3.63, 3.8) is 0 Å². The maximum Gasteiger partial charge on any atom is 0.248 e. The first-order valence-corrected chi connectivity index (χ1v) is 8.63. The summed E-state index contributed by atoms with van der Waals surface area (Å²) < 4.78 is 11.2. The highest BCUT2D eigenvalue weighted by Gasteiger charge is 2.02. The highest BCUT2D eigenvalue weighted by Crippen LogP contribution is 2.22. The minimum absolute atomic E-state index is 0.218. The molecule has 0 saturated heterocycles. The van der Waals surface area contributed by atoms with E-state index >= 15 is 0 Å². The summed E-state index contributed by atoms with van der Waals surface area (Å²) in [5, 5.41) is 2.82. The van der Waals surface area contributed by atoms with Crippen LogP contribution in [0.5, 0.6) is 17.2 Å². The second-order valence-electron chi connectivity index (χ2n) is 5.60. The third kappa shape index (κ3) is 5.44. The lowest BCUT2D eigenvalue weighted by atomic mass is 10.2.